The first kappa shape index (κ1) is 14.4. The highest BCUT2D eigenvalue weighted by Crippen LogP contribution is 1.99. The van der Waals surface area contributed by atoms with Crippen LogP contribution in [0.25, 0.3) is 0 Å². The zero-order chi connectivity index (χ0) is 11.8. The Morgan fingerprint density at radius 1 is 1.27 bits per heavy atom. The minimum absolute atomic E-state index is 0.00815. The van der Waals surface area contributed by atoms with Crippen molar-refractivity contribution in [2.45, 2.75) is 32.2 Å². The van der Waals surface area contributed by atoms with Gasteiger partial charge >= 0.3 is 0 Å². The quantitative estimate of drug-likeness (QED) is 0.674. The second-order valence-electron chi connectivity index (χ2n) is 4.34. The standard InChI is InChI=1S/C11H25N3O/c1-5-10(12)9-11(15)14(4)8-6-7-13(2)3/h10H,5-9,12H2,1-4H3. The van der Waals surface area contributed by atoms with Crippen molar-refractivity contribution in [1.82, 2.24) is 9.80 Å². The van der Waals surface area contributed by atoms with Crippen molar-refractivity contribution < 1.29 is 4.79 Å². The van der Waals surface area contributed by atoms with E-state index in [2.05, 4.69) is 4.90 Å². The summed E-state index contributed by atoms with van der Waals surface area (Å²) in [5.41, 5.74) is 5.73. The molecule has 1 atom stereocenters. The van der Waals surface area contributed by atoms with E-state index in [1.807, 2.05) is 28.1 Å². The van der Waals surface area contributed by atoms with Crippen molar-refractivity contribution in [1.29, 1.82) is 0 Å². The van der Waals surface area contributed by atoms with Crippen LogP contribution in [0.15, 0.2) is 0 Å². The van der Waals surface area contributed by atoms with E-state index < -0.39 is 0 Å². The van der Waals surface area contributed by atoms with Crippen LogP contribution in [0.2, 0.25) is 0 Å². The van der Waals surface area contributed by atoms with Gasteiger partial charge in [-0.1, -0.05) is 6.92 Å². The van der Waals surface area contributed by atoms with Crippen molar-refractivity contribution in [3.05, 3.63) is 0 Å². The molecule has 0 aromatic rings. The van der Waals surface area contributed by atoms with Crippen LogP contribution in [0.5, 0.6) is 0 Å². The average molecular weight is 215 g/mol. The third-order valence-corrected chi connectivity index (χ3v) is 2.49. The molecule has 0 saturated heterocycles. The lowest BCUT2D eigenvalue weighted by atomic mass is 10.1. The Kier molecular flexibility index (Phi) is 7.34. The van der Waals surface area contributed by atoms with E-state index in [1.54, 1.807) is 4.90 Å². The van der Waals surface area contributed by atoms with Gasteiger partial charge < -0.3 is 15.5 Å². The molecule has 0 heterocycles. The molecule has 0 bridgehead atoms. The van der Waals surface area contributed by atoms with Crippen LogP contribution in [-0.4, -0.2) is 56.0 Å². The first-order chi connectivity index (χ1) is 6.97. The zero-order valence-corrected chi connectivity index (χ0v) is 10.5. The molecule has 15 heavy (non-hydrogen) atoms. The highest BCUT2D eigenvalue weighted by Gasteiger charge is 2.11. The maximum absolute atomic E-state index is 11.6. The minimum atomic E-state index is 0.00815. The predicted molar refractivity (Wildman–Crippen MR) is 63.7 cm³/mol. The van der Waals surface area contributed by atoms with Crippen LogP contribution >= 0.6 is 0 Å². The van der Waals surface area contributed by atoms with Gasteiger partial charge in [0.1, 0.15) is 0 Å². The Hall–Kier alpha value is -0.610. The molecule has 4 heteroatoms. The van der Waals surface area contributed by atoms with E-state index in [9.17, 15) is 4.79 Å². The van der Waals surface area contributed by atoms with Gasteiger partial charge in [0.15, 0.2) is 0 Å². The number of hydrogen-bond acceptors (Lipinski definition) is 3. The molecule has 0 aliphatic heterocycles. The maximum atomic E-state index is 11.6. The van der Waals surface area contributed by atoms with Crippen LogP contribution in [-0.2, 0) is 4.79 Å². The smallest absolute Gasteiger partial charge is 0.223 e. The van der Waals surface area contributed by atoms with Crippen molar-refractivity contribution >= 4 is 5.91 Å². The summed E-state index contributed by atoms with van der Waals surface area (Å²) < 4.78 is 0. The average Bonchev–Trinajstić information content (AvgIpc) is 2.16. The lowest BCUT2D eigenvalue weighted by molar-refractivity contribution is -0.130. The number of carbonyl (C=O) groups excluding carboxylic acids is 1. The van der Waals surface area contributed by atoms with E-state index in [0.717, 1.165) is 25.9 Å². The largest absolute Gasteiger partial charge is 0.346 e. The first-order valence-corrected chi connectivity index (χ1v) is 5.61. The molecular formula is C11H25N3O. The number of amides is 1. The molecule has 0 radical (unpaired) electrons. The zero-order valence-electron chi connectivity index (χ0n) is 10.5. The van der Waals surface area contributed by atoms with E-state index in [0.29, 0.717) is 6.42 Å². The third kappa shape index (κ3) is 7.33. The van der Waals surface area contributed by atoms with Crippen molar-refractivity contribution in [2.75, 3.05) is 34.2 Å². The SMILES string of the molecule is CCC(N)CC(=O)N(C)CCCN(C)C. The molecular weight excluding hydrogens is 190 g/mol. The number of rotatable bonds is 7. The number of nitrogens with two attached hydrogens (primary N) is 1. The van der Waals surface area contributed by atoms with Crippen LogP contribution in [0, 0.1) is 0 Å². The van der Waals surface area contributed by atoms with Crippen molar-refractivity contribution in [3.8, 4) is 0 Å². The topological polar surface area (TPSA) is 49.6 Å². The third-order valence-electron chi connectivity index (χ3n) is 2.49. The summed E-state index contributed by atoms with van der Waals surface area (Å²) in [4.78, 5) is 15.5. The molecule has 0 fully saturated rings. The molecule has 0 aromatic carbocycles. The Morgan fingerprint density at radius 2 is 1.87 bits per heavy atom. The summed E-state index contributed by atoms with van der Waals surface area (Å²) in [7, 11) is 5.92. The van der Waals surface area contributed by atoms with Gasteiger partial charge in [-0.15, -0.1) is 0 Å². The number of nitrogens with zero attached hydrogens (tertiary/aromatic N) is 2. The Labute approximate surface area is 93.4 Å². The van der Waals surface area contributed by atoms with Gasteiger partial charge in [-0.2, -0.15) is 0 Å². The molecule has 0 aromatic heterocycles. The van der Waals surface area contributed by atoms with Gasteiger partial charge in [-0.05, 0) is 33.5 Å². The lowest BCUT2D eigenvalue weighted by Gasteiger charge is -2.20. The summed E-state index contributed by atoms with van der Waals surface area (Å²) in [5.74, 6) is 0.156. The molecule has 0 aliphatic rings. The van der Waals surface area contributed by atoms with Gasteiger partial charge in [0.05, 0.1) is 0 Å². The summed E-state index contributed by atoms with van der Waals surface area (Å²) in [6, 6.07) is 0.00815. The number of hydrogen-bond donors (Lipinski definition) is 1. The second kappa shape index (κ2) is 7.65. The summed E-state index contributed by atoms with van der Waals surface area (Å²) in [6.45, 7) is 3.83. The molecule has 2 N–H and O–H groups in total. The van der Waals surface area contributed by atoms with Gasteiger partial charge in [0.2, 0.25) is 5.91 Å². The van der Waals surface area contributed by atoms with Crippen LogP contribution in [0.4, 0.5) is 0 Å². The lowest BCUT2D eigenvalue weighted by Crippen LogP contribution is -2.34. The van der Waals surface area contributed by atoms with Crippen LogP contribution in [0.3, 0.4) is 0 Å². The molecule has 0 saturated carbocycles. The van der Waals surface area contributed by atoms with Gasteiger partial charge in [-0.3, -0.25) is 4.79 Å². The summed E-state index contributed by atoms with van der Waals surface area (Å²) >= 11 is 0. The van der Waals surface area contributed by atoms with E-state index >= 15 is 0 Å². The predicted octanol–water partition coefficient (Wildman–Crippen LogP) is 0.524. The van der Waals surface area contributed by atoms with Crippen LogP contribution in [0.1, 0.15) is 26.2 Å². The van der Waals surface area contributed by atoms with E-state index in [1.165, 1.54) is 0 Å². The Morgan fingerprint density at radius 3 is 2.33 bits per heavy atom. The molecule has 1 unspecified atom stereocenters. The molecule has 0 rings (SSSR count). The van der Waals surface area contributed by atoms with Gasteiger partial charge in [0.25, 0.3) is 0 Å². The molecule has 4 nitrogen and oxygen atoms in total. The van der Waals surface area contributed by atoms with Gasteiger partial charge in [0, 0.05) is 26.1 Å². The summed E-state index contributed by atoms with van der Waals surface area (Å²) in [5, 5.41) is 0. The normalized spacial score (nSPS) is 12.9. The Balaban J connectivity index is 3.69. The molecule has 0 spiro atoms. The number of carbonyl (C=O) groups is 1. The minimum Gasteiger partial charge on any atom is -0.346 e. The maximum Gasteiger partial charge on any atom is 0.223 e. The van der Waals surface area contributed by atoms with E-state index in [-0.39, 0.29) is 11.9 Å². The molecule has 90 valence electrons. The summed E-state index contributed by atoms with van der Waals surface area (Å²) in [6.07, 6.45) is 2.34. The van der Waals surface area contributed by atoms with E-state index in [4.69, 9.17) is 5.73 Å². The molecule has 0 aliphatic carbocycles. The molecule has 1 amide bonds. The second-order valence-corrected chi connectivity index (χ2v) is 4.34. The fraction of sp³-hybridized carbons (Fsp3) is 0.909. The van der Waals surface area contributed by atoms with Crippen molar-refractivity contribution in [3.63, 3.8) is 0 Å². The fourth-order valence-electron chi connectivity index (χ4n) is 1.27. The Bertz CT molecular complexity index is 183. The van der Waals surface area contributed by atoms with Crippen LogP contribution < -0.4 is 5.73 Å². The van der Waals surface area contributed by atoms with Crippen molar-refractivity contribution in [2.24, 2.45) is 5.73 Å². The van der Waals surface area contributed by atoms with Gasteiger partial charge in [-0.25, -0.2) is 0 Å². The highest BCUT2D eigenvalue weighted by atomic mass is 16.2. The first-order valence-electron chi connectivity index (χ1n) is 5.61. The monoisotopic (exact) mass is 215 g/mol. The fourth-order valence-corrected chi connectivity index (χ4v) is 1.27. The highest BCUT2D eigenvalue weighted by molar-refractivity contribution is 5.76.